The predicted molar refractivity (Wildman–Crippen MR) is 161 cm³/mol. The van der Waals surface area contributed by atoms with Crippen molar-refractivity contribution in [3.63, 3.8) is 0 Å². The average Bonchev–Trinajstić information content (AvgIpc) is 3.55. The summed E-state index contributed by atoms with van der Waals surface area (Å²) in [6.45, 7) is 3.27. The third-order valence-electron chi connectivity index (χ3n) is 6.81. The van der Waals surface area contributed by atoms with Crippen molar-refractivity contribution in [2.45, 2.75) is 33.5 Å². The van der Waals surface area contributed by atoms with Crippen molar-refractivity contribution in [2.24, 2.45) is 0 Å². The molecule has 2 aromatic heterocycles. The van der Waals surface area contributed by atoms with Crippen molar-refractivity contribution in [1.82, 2.24) is 0 Å². The first kappa shape index (κ1) is 32.2. The molecular formula is C32H29O13S-. The molecule has 0 aliphatic rings. The Morgan fingerprint density at radius 2 is 1.39 bits per heavy atom. The number of hydrogen-bond acceptors (Lipinski definition) is 13. The van der Waals surface area contributed by atoms with Crippen LogP contribution in [-0.4, -0.2) is 45.7 Å². The first-order valence-electron chi connectivity index (χ1n) is 13.9. The topological polar surface area (TPSA) is 173 Å². The Kier molecular flexibility index (Phi) is 9.39. The van der Waals surface area contributed by atoms with Crippen LogP contribution in [-0.2, 0) is 33.1 Å². The number of benzene rings is 3. The maximum absolute atomic E-state index is 13.2. The Labute approximate surface area is 263 Å². The van der Waals surface area contributed by atoms with E-state index in [0.29, 0.717) is 23.2 Å². The summed E-state index contributed by atoms with van der Waals surface area (Å²) >= 11 is 0. The van der Waals surface area contributed by atoms with E-state index < -0.39 is 28.1 Å². The van der Waals surface area contributed by atoms with Crippen LogP contribution < -0.4 is 18.4 Å². The highest BCUT2D eigenvalue weighted by Gasteiger charge is 2.27. The van der Waals surface area contributed by atoms with Gasteiger partial charge in [-0.15, -0.1) is 0 Å². The highest BCUT2D eigenvalue weighted by molar-refractivity contribution is 7.81. The van der Waals surface area contributed by atoms with Crippen molar-refractivity contribution in [3.05, 3.63) is 82.8 Å². The number of furan rings is 2. The van der Waals surface area contributed by atoms with E-state index >= 15 is 0 Å². The van der Waals surface area contributed by atoms with E-state index in [9.17, 15) is 22.6 Å². The first-order chi connectivity index (χ1) is 22.0. The molecule has 0 saturated heterocycles. The van der Waals surface area contributed by atoms with Crippen molar-refractivity contribution >= 4 is 44.3 Å². The van der Waals surface area contributed by atoms with Crippen molar-refractivity contribution in [3.8, 4) is 23.0 Å². The molecule has 3 aromatic carbocycles. The first-order valence-corrected chi connectivity index (χ1v) is 15.3. The summed E-state index contributed by atoms with van der Waals surface area (Å²) in [5.74, 6) is -1.17. The molecule has 5 aromatic rings. The van der Waals surface area contributed by atoms with Gasteiger partial charge in [0.05, 0.1) is 20.8 Å². The summed E-state index contributed by atoms with van der Waals surface area (Å²) in [6, 6.07) is 14.7. The van der Waals surface area contributed by atoms with E-state index in [4.69, 9.17) is 32.5 Å². The molecule has 242 valence electrons. The van der Waals surface area contributed by atoms with Gasteiger partial charge in [-0.25, -0.2) is 18.0 Å². The zero-order valence-corrected chi connectivity index (χ0v) is 26.1. The number of methoxy groups -OCH3 is 2. The lowest BCUT2D eigenvalue weighted by Gasteiger charge is -2.12. The number of esters is 2. The Balaban J connectivity index is 1.51. The Hall–Kier alpha value is -5.21. The van der Waals surface area contributed by atoms with Gasteiger partial charge in [0.25, 0.3) is 10.4 Å². The van der Waals surface area contributed by atoms with Crippen LogP contribution in [0.3, 0.4) is 0 Å². The molecule has 0 spiro atoms. The quantitative estimate of drug-likeness (QED) is 0.0842. The number of aryl methyl sites for hydroxylation is 1. The summed E-state index contributed by atoms with van der Waals surface area (Å²) in [7, 11) is -2.51. The summed E-state index contributed by atoms with van der Waals surface area (Å²) in [5, 5.41) is 0.499. The van der Waals surface area contributed by atoms with Gasteiger partial charge in [-0.05, 0) is 31.0 Å². The van der Waals surface area contributed by atoms with Crippen LogP contribution in [0.2, 0.25) is 0 Å². The zero-order valence-electron chi connectivity index (χ0n) is 25.2. The molecule has 14 heteroatoms. The number of fused-ring (bicyclic) bond motifs is 2. The van der Waals surface area contributed by atoms with E-state index in [1.807, 2.05) is 37.3 Å². The molecule has 5 rings (SSSR count). The van der Waals surface area contributed by atoms with Crippen LogP contribution in [0.15, 0.2) is 63.4 Å². The van der Waals surface area contributed by atoms with Gasteiger partial charge in [-0.2, -0.15) is 0 Å². The molecule has 0 aliphatic carbocycles. The van der Waals surface area contributed by atoms with Crippen molar-refractivity contribution in [1.29, 1.82) is 0 Å². The van der Waals surface area contributed by atoms with E-state index in [1.54, 1.807) is 19.1 Å². The fourth-order valence-corrected chi connectivity index (χ4v) is 5.12. The van der Waals surface area contributed by atoms with Crippen LogP contribution in [0, 0.1) is 6.92 Å². The van der Waals surface area contributed by atoms with Crippen LogP contribution in [0.1, 0.15) is 51.1 Å². The second kappa shape index (κ2) is 13.4. The van der Waals surface area contributed by atoms with Crippen molar-refractivity contribution < 1.29 is 59.3 Å². The smallest absolute Gasteiger partial charge is 0.342 e. The van der Waals surface area contributed by atoms with E-state index in [1.165, 1.54) is 20.3 Å². The standard InChI is InChI=1S/C32H30O13S/c1-5-11-40-32(34)30-21-13-27(45-46(35,36)37)25(39-4)15-23(21)44-28(30)17-41-26-12-20-22(14-24(26)38-3)43-18(2)29(20)31(33)42-16-19-9-7-6-8-10-19/h6-10,12-15H,5,11,16-17H2,1-4H3,(H,35,36,37)/p-1. The number of carbonyl (C=O) groups is 2. The molecule has 0 saturated carbocycles. The van der Waals surface area contributed by atoms with Gasteiger partial charge in [-0.3, -0.25) is 0 Å². The molecule has 0 atom stereocenters. The van der Waals surface area contributed by atoms with Gasteiger partial charge in [-0.1, -0.05) is 37.3 Å². The Morgan fingerprint density at radius 3 is 2.04 bits per heavy atom. The van der Waals surface area contributed by atoms with Gasteiger partial charge in [0.1, 0.15) is 41.3 Å². The minimum atomic E-state index is -5.17. The number of carbonyl (C=O) groups excluding carboxylic acids is 2. The summed E-state index contributed by atoms with van der Waals surface area (Å²) in [5.41, 5.74) is 1.40. The lowest BCUT2D eigenvalue weighted by molar-refractivity contribution is 0.0470. The lowest BCUT2D eigenvalue weighted by Crippen LogP contribution is -2.10. The van der Waals surface area contributed by atoms with E-state index in [2.05, 4.69) is 4.18 Å². The van der Waals surface area contributed by atoms with Gasteiger partial charge in [0.2, 0.25) is 0 Å². The molecule has 0 bridgehead atoms. The SMILES string of the molecule is CCCOC(=O)c1c(COc2cc3c(C(=O)OCc4ccccc4)c(C)oc3cc2OC)oc2cc(OC)c(OS(=O)(=O)[O-])cc12. The summed E-state index contributed by atoms with van der Waals surface area (Å²) in [6.07, 6.45) is 0.529. The highest BCUT2D eigenvalue weighted by Crippen LogP contribution is 2.40. The van der Waals surface area contributed by atoms with Crippen molar-refractivity contribution in [2.75, 3.05) is 20.8 Å². The fraction of sp³-hybridized carbons (Fsp3) is 0.250. The molecule has 0 amide bonds. The van der Waals surface area contributed by atoms with E-state index in [-0.39, 0.29) is 64.9 Å². The third kappa shape index (κ3) is 6.87. The number of rotatable bonds is 13. The monoisotopic (exact) mass is 653 g/mol. The summed E-state index contributed by atoms with van der Waals surface area (Å²) in [4.78, 5) is 26.3. The second-order valence-electron chi connectivity index (χ2n) is 9.91. The fourth-order valence-electron chi connectivity index (χ4n) is 4.77. The molecule has 2 heterocycles. The van der Waals surface area contributed by atoms with Crippen LogP contribution in [0.5, 0.6) is 23.0 Å². The van der Waals surface area contributed by atoms with Crippen LogP contribution in [0.4, 0.5) is 0 Å². The minimum Gasteiger partial charge on any atom is -0.716 e. The largest absolute Gasteiger partial charge is 0.716 e. The second-order valence-corrected chi connectivity index (χ2v) is 10.9. The van der Waals surface area contributed by atoms with Gasteiger partial charge in [0, 0.05) is 22.9 Å². The van der Waals surface area contributed by atoms with E-state index in [0.717, 1.165) is 11.6 Å². The molecule has 0 fully saturated rings. The van der Waals surface area contributed by atoms with Gasteiger partial charge >= 0.3 is 11.9 Å². The molecule has 46 heavy (non-hydrogen) atoms. The predicted octanol–water partition coefficient (Wildman–Crippen LogP) is 5.85. The average molecular weight is 654 g/mol. The molecule has 0 unspecified atom stereocenters. The highest BCUT2D eigenvalue weighted by atomic mass is 32.3. The third-order valence-corrected chi connectivity index (χ3v) is 7.19. The maximum atomic E-state index is 13.2. The van der Waals surface area contributed by atoms with Gasteiger partial charge < -0.3 is 41.3 Å². The minimum absolute atomic E-state index is 0.00769. The molecule has 0 N–H and O–H groups in total. The molecule has 13 nitrogen and oxygen atoms in total. The molecular weight excluding hydrogens is 624 g/mol. The Morgan fingerprint density at radius 1 is 0.783 bits per heavy atom. The van der Waals surface area contributed by atoms with Crippen LogP contribution >= 0.6 is 0 Å². The lowest BCUT2D eigenvalue weighted by atomic mass is 10.1. The molecule has 0 radical (unpaired) electrons. The maximum Gasteiger partial charge on any atom is 0.342 e. The summed E-state index contributed by atoms with van der Waals surface area (Å²) < 4.78 is 77.9. The zero-order chi connectivity index (χ0) is 33.0. The number of hydrogen-bond donors (Lipinski definition) is 0. The number of ether oxygens (including phenoxy) is 5. The van der Waals surface area contributed by atoms with Crippen LogP contribution in [0.25, 0.3) is 21.9 Å². The molecule has 0 aliphatic heterocycles. The normalized spacial score (nSPS) is 11.4. The van der Waals surface area contributed by atoms with Gasteiger partial charge in [0.15, 0.2) is 28.8 Å². The Bertz CT molecular complexity index is 2010.